The molecule has 0 radical (unpaired) electrons. The fourth-order valence-electron chi connectivity index (χ4n) is 2.98. The van der Waals surface area contributed by atoms with Crippen molar-refractivity contribution < 1.29 is 9.47 Å². The van der Waals surface area contributed by atoms with E-state index in [1.54, 1.807) is 0 Å². The zero-order valence-electron chi connectivity index (χ0n) is 12.2. The first-order valence-electron chi connectivity index (χ1n) is 7.46. The van der Waals surface area contributed by atoms with Crippen LogP contribution in [0.4, 0.5) is 0 Å². The number of hydrogen-bond donors (Lipinski definition) is 2. The zero-order valence-corrected chi connectivity index (χ0v) is 12.2. The third kappa shape index (κ3) is 4.50. The van der Waals surface area contributed by atoms with E-state index in [2.05, 4.69) is 12.3 Å². The quantitative estimate of drug-likeness (QED) is 0.399. The summed E-state index contributed by atoms with van der Waals surface area (Å²) in [5.74, 6) is 7.19. The Balaban J connectivity index is 2.52. The van der Waals surface area contributed by atoms with Gasteiger partial charge in [0, 0.05) is 13.2 Å². The topological polar surface area (TPSA) is 56.5 Å². The molecule has 0 aliphatic heterocycles. The van der Waals surface area contributed by atoms with Gasteiger partial charge in [-0.25, -0.2) is 0 Å². The van der Waals surface area contributed by atoms with Crippen molar-refractivity contribution in [1.82, 2.24) is 5.43 Å². The number of hydrogen-bond acceptors (Lipinski definition) is 4. The van der Waals surface area contributed by atoms with Crippen molar-refractivity contribution in [3.05, 3.63) is 0 Å². The Morgan fingerprint density at radius 1 is 1.06 bits per heavy atom. The van der Waals surface area contributed by atoms with Crippen LogP contribution >= 0.6 is 0 Å². The predicted molar refractivity (Wildman–Crippen MR) is 73.9 cm³/mol. The predicted octanol–water partition coefficient (Wildman–Crippen LogP) is 2.43. The molecular formula is C14H30N2O2. The smallest absolute Gasteiger partial charge is 0.174 e. The van der Waals surface area contributed by atoms with Crippen LogP contribution in [-0.4, -0.2) is 25.5 Å². The van der Waals surface area contributed by atoms with Gasteiger partial charge in [0.2, 0.25) is 0 Å². The van der Waals surface area contributed by atoms with Crippen molar-refractivity contribution in [2.75, 3.05) is 13.2 Å². The van der Waals surface area contributed by atoms with Gasteiger partial charge in [0.05, 0.1) is 6.04 Å². The van der Waals surface area contributed by atoms with Gasteiger partial charge in [-0.05, 0) is 38.5 Å². The Morgan fingerprint density at radius 3 is 2.00 bits per heavy atom. The fourth-order valence-corrected chi connectivity index (χ4v) is 2.98. The van der Waals surface area contributed by atoms with Crippen LogP contribution in [0.2, 0.25) is 0 Å². The Hall–Kier alpha value is -0.160. The highest BCUT2D eigenvalue weighted by molar-refractivity contribution is 4.83. The Kier molecular flexibility index (Phi) is 7.82. The van der Waals surface area contributed by atoms with Crippen LogP contribution in [0.25, 0.3) is 0 Å². The van der Waals surface area contributed by atoms with Gasteiger partial charge in [0.1, 0.15) is 0 Å². The molecule has 1 saturated carbocycles. The van der Waals surface area contributed by atoms with Gasteiger partial charge in [-0.3, -0.25) is 11.3 Å². The van der Waals surface area contributed by atoms with Crippen molar-refractivity contribution in [3.8, 4) is 0 Å². The SMILES string of the molecule is CCOC(OCC)C(NN)C1CCC(CC)CC1. The first kappa shape index (κ1) is 15.9. The summed E-state index contributed by atoms with van der Waals surface area (Å²) in [4.78, 5) is 0. The molecule has 4 nitrogen and oxygen atoms in total. The molecule has 4 heteroatoms. The largest absolute Gasteiger partial charge is 0.351 e. The lowest BCUT2D eigenvalue weighted by Crippen LogP contribution is -2.51. The monoisotopic (exact) mass is 258 g/mol. The number of rotatable bonds is 8. The highest BCUT2D eigenvalue weighted by Crippen LogP contribution is 2.33. The van der Waals surface area contributed by atoms with E-state index in [1.807, 2.05) is 13.8 Å². The molecule has 0 heterocycles. The normalized spacial score (nSPS) is 26.5. The Bertz CT molecular complexity index is 200. The van der Waals surface area contributed by atoms with Crippen LogP contribution in [0.5, 0.6) is 0 Å². The minimum Gasteiger partial charge on any atom is -0.351 e. The summed E-state index contributed by atoms with van der Waals surface area (Å²) >= 11 is 0. The van der Waals surface area contributed by atoms with Gasteiger partial charge in [-0.2, -0.15) is 0 Å². The molecule has 1 rings (SSSR count). The summed E-state index contributed by atoms with van der Waals surface area (Å²) < 4.78 is 11.4. The lowest BCUT2D eigenvalue weighted by molar-refractivity contribution is -0.165. The molecule has 18 heavy (non-hydrogen) atoms. The lowest BCUT2D eigenvalue weighted by Gasteiger charge is -2.36. The molecule has 0 spiro atoms. The second kappa shape index (κ2) is 8.86. The highest BCUT2D eigenvalue weighted by Gasteiger charge is 2.32. The Labute approximate surface area is 112 Å². The van der Waals surface area contributed by atoms with Crippen LogP contribution in [-0.2, 0) is 9.47 Å². The average Bonchev–Trinajstić information content (AvgIpc) is 2.41. The summed E-state index contributed by atoms with van der Waals surface area (Å²) in [6.45, 7) is 7.59. The van der Waals surface area contributed by atoms with E-state index in [0.717, 1.165) is 5.92 Å². The van der Waals surface area contributed by atoms with Gasteiger partial charge < -0.3 is 9.47 Å². The first-order chi connectivity index (χ1) is 8.76. The van der Waals surface area contributed by atoms with E-state index in [1.165, 1.54) is 32.1 Å². The summed E-state index contributed by atoms with van der Waals surface area (Å²) in [6.07, 6.45) is 6.16. The van der Waals surface area contributed by atoms with E-state index in [4.69, 9.17) is 15.3 Å². The van der Waals surface area contributed by atoms with Crippen LogP contribution in [0.1, 0.15) is 52.9 Å². The van der Waals surface area contributed by atoms with Crippen LogP contribution in [0.3, 0.4) is 0 Å². The first-order valence-corrected chi connectivity index (χ1v) is 7.46. The average molecular weight is 258 g/mol. The number of ether oxygens (including phenoxy) is 2. The summed E-state index contributed by atoms with van der Waals surface area (Å²) in [6, 6.07) is 0.114. The lowest BCUT2D eigenvalue weighted by atomic mass is 9.77. The van der Waals surface area contributed by atoms with Gasteiger partial charge in [-0.15, -0.1) is 0 Å². The molecule has 1 aliphatic rings. The molecule has 0 aromatic heterocycles. The minimum atomic E-state index is -0.215. The summed E-state index contributed by atoms with van der Waals surface area (Å²) in [7, 11) is 0. The molecule has 1 fully saturated rings. The van der Waals surface area contributed by atoms with Gasteiger partial charge in [-0.1, -0.05) is 26.2 Å². The molecule has 0 amide bonds. The maximum atomic E-state index is 5.72. The number of hydrazine groups is 1. The van der Waals surface area contributed by atoms with Crippen molar-refractivity contribution >= 4 is 0 Å². The van der Waals surface area contributed by atoms with E-state index < -0.39 is 0 Å². The second-order valence-electron chi connectivity index (χ2n) is 5.16. The third-order valence-electron chi connectivity index (χ3n) is 4.12. The third-order valence-corrected chi connectivity index (χ3v) is 4.12. The molecular weight excluding hydrogens is 228 g/mol. The number of nitrogens with one attached hydrogen (secondary N) is 1. The Morgan fingerprint density at radius 2 is 1.61 bits per heavy atom. The minimum absolute atomic E-state index is 0.114. The van der Waals surface area contributed by atoms with Gasteiger partial charge in [0.15, 0.2) is 6.29 Å². The summed E-state index contributed by atoms with van der Waals surface area (Å²) in [5, 5.41) is 0. The molecule has 1 aliphatic carbocycles. The van der Waals surface area contributed by atoms with E-state index in [9.17, 15) is 0 Å². The maximum absolute atomic E-state index is 5.72. The zero-order chi connectivity index (χ0) is 13.4. The van der Waals surface area contributed by atoms with Crippen molar-refractivity contribution in [1.29, 1.82) is 0 Å². The fraction of sp³-hybridized carbons (Fsp3) is 1.00. The van der Waals surface area contributed by atoms with E-state index in [-0.39, 0.29) is 12.3 Å². The molecule has 0 saturated heterocycles. The second-order valence-corrected chi connectivity index (χ2v) is 5.16. The molecule has 0 bridgehead atoms. The maximum Gasteiger partial charge on any atom is 0.174 e. The molecule has 3 N–H and O–H groups in total. The van der Waals surface area contributed by atoms with Gasteiger partial charge >= 0.3 is 0 Å². The van der Waals surface area contributed by atoms with Crippen molar-refractivity contribution in [3.63, 3.8) is 0 Å². The van der Waals surface area contributed by atoms with Crippen molar-refractivity contribution in [2.24, 2.45) is 17.7 Å². The van der Waals surface area contributed by atoms with Crippen LogP contribution < -0.4 is 11.3 Å². The van der Waals surface area contributed by atoms with E-state index >= 15 is 0 Å². The summed E-state index contributed by atoms with van der Waals surface area (Å²) in [5.41, 5.74) is 2.92. The molecule has 0 aromatic rings. The molecule has 1 atom stereocenters. The number of nitrogens with two attached hydrogens (primary N) is 1. The standard InChI is InChI=1S/C14H30N2O2/c1-4-11-7-9-12(10-8-11)13(16-15)14(17-5-2)18-6-3/h11-14,16H,4-10,15H2,1-3H3. The van der Waals surface area contributed by atoms with Crippen molar-refractivity contribution in [2.45, 2.75) is 65.2 Å². The van der Waals surface area contributed by atoms with Crippen LogP contribution in [0, 0.1) is 11.8 Å². The van der Waals surface area contributed by atoms with Gasteiger partial charge in [0.25, 0.3) is 0 Å². The molecule has 108 valence electrons. The molecule has 0 aromatic carbocycles. The van der Waals surface area contributed by atoms with E-state index in [0.29, 0.717) is 19.1 Å². The molecule has 1 unspecified atom stereocenters. The van der Waals surface area contributed by atoms with Crippen LogP contribution in [0.15, 0.2) is 0 Å². The highest BCUT2D eigenvalue weighted by atomic mass is 16.7.